The summed E-state index contributed by atoms with van der Waals surface area (Å²) in [5, 5.41) is 3.21. The zero-order valence-electron chi connectivity index (χ0n) is 13.3. The van der Waals surface area contributed by atoms with Crippen LogP contribution in [0.15, 0.2) is 48.5 Å². The van der Waals surface area contributed by atoms with Crippen LogP contribution in [0, 0.1) is 6.92 Å². The van der Waals surface area contributed by atoms with E-state index >= 15 is 0 Å². The van der Waals surface area contributed by atoms with Crippen molar-refractivity contribution in [2.75, 3.05) is 0 Å². The summed E-state index contributed by atoms with van der Waals surface area (Å²) in [6, 6.07) is 11.9. The van der Waals surface area contributed by atoms with Crippen molar-refractivity contribution in [1.29, 1.82) is 0 Å². The van der Waals surface area contributed by atoms with Gasteiger partial charge in [-0.1, -0.05) is 30.3 Å². The molecule has 0 atom stereocenters. The van der Waals surface area contributed by atoms with E-state index in [2.05, 4.69) is 15.3 Å². The van der Waals surface area contributed by atoms with E-state index in [1.807, 2.05) is 0 Å². The average molecular weight is 345 g/mol. The first-order chi connectivity index (χ1) is 11.8. The van der Waals surface area contributed by atoms with Gasteiger partial charge in [0, 0.05) is 11.9 Å². The van der Waals surface area contributed by atoms with E-state index in [9.17, 15) is 18.0 Å². The Morgan fingerprint density at radius 2 is 1.84 bits per heavy atom. The molecule has 0 aliphatic rings. The number of halogens is 3. The van der Waals surface area contributed by atoms with Gasteiger partial charge in [0.1, 0.15) is 11.5 Å². The Labute approximate surface area is 141 Å². The second kappa shape index (κ2) is 6.51. The Balaban J connectivity index is 1.82. The van der Waals surface area contributed by atoms with Crippen molar-refractivity contribution in [3.05, 3.63) is 71.2 Å². The molecular weight excluding hydrogens is 331 g/mol. The average Bonchev–Trinajstić information content (AvgIpc) is 2.58. The highest BCUT2D eigenvalue weighted by molar-refractivity contribution is 6.04. The minimum absolute atomic E-state index is 0.0276. The Morgan fingerprint density at radius 3 is 2.60 bits per heavy atom. The van der Waals surface area contributed by atoms with E-state index in [4.69, 9.17) is 0 Å². The summed E-state index contributed by atoms with van der Waals surface area (Å²) in [6.07, 6.45) is -4.42. The van der Waals surface area contributed by atoms with Gasteiger partial charge in [-0.3, -0.25) is 4.79 Å². The van der Waals surface area contributed by atoms with Crippen molar-refractivity contribution < 1.29 is 18.0 Å². The van der Waals surface area contributed by atoms with Crippen molar-refractivity contribution in [1.82, 2.24) is 15.3 Å². The summed E-state index contributed by atoms with van der Waals surface area (Å²) >= 11 is 0. The number of aryl methyl sites for hydroxylation is 1. The maximum absolute atomic E-state index is 12.7. The van der Waals surface area contributed by atoms with Crippen LogP contribution in [0.3, 0.4) is 0 Å². The lowest BCUT2D eigenvalue weighted by atomic mass is 10.1. The van der Waals surface area contributed by atoms with Gasteiger partial charge in [-0.2, -0.15) is 13.2 Å². The predicted molar refractivity (Wildman–Crippen MR) is 86.9 cm³/mol. The maximum Gasteiger partial charge on any atom is 0.416 e. The third kappa shape index (κ3) is 3.76. The number of alkyl halides is 3. The number of carbonyl (C=O) groups is 1. The highest BCUT2D eigenvalue weighted by Gasteiger charge is 2.30. The van der Waals surface area contributed by atoms with Crippen molar-refractivity contribution in [2.24, 2.45) is 0 Å². The molecular formula is C18H14F3N3O. The molecule has 1 amide bonds. The number of rotatable bonds is 3. The van der Waals surface area contributed by atoms with Gasteiger partial charge in [0.05, 0.1) is 11.1 Å². The summed E-state index contributed by atoms with van der Waals surface area (Å²) in [5.41, 5.74) is 0.454. The van der Waals surface area contributed by atoms with Gasteiger partial charge in [-0.15, -0.1) is 0 Å². The quantitative estimate of drug-likeness (QED) is 0.784. The SMILES string of the molecule is Cc1nc(C(=O)NCc2cccc(C(F)(F)F)c2)c2ccccc2n1. The molecule has 7 heteroatoms. The number of para-hydroxylation sites is 1. The standard InChI is InChI=1S/C18H14F3N3O/c1-11-23-15-8-3-2-7-14(15)16(24-11)17(25)22-10-12-5-4-6-13(9-12)18(19,20)21/h2-9H,10H2,1H3,(H,22,25). The first-order valence-corrected chi connectivity index (χ1v) is 7.52. The zero-order chi connectivity index (χ0) is 18.0. The van der Waals surface area contributed by atoms with E-state index in [0.29, 0.717) is 22.3 Å². The fourth-order valence-electron chi connectivity index (χ4n) is 2.49. The Kier molecular flexibility index (Phi) is 4.39. The number of amides is 1. The third-order valence-corrected chi connectivity index (χ3v) is 3.64. The second-order valence-corrected chi connectivity index (χ2v) is 5.52. The van der Waals surface area contributed by atoms with Crippen LogP contribution in [0.4, 0.5) is 13.2 Å². The largest absolute Gasteiger partial charge is 0.416 e. The Hall–Kier alpha value is -2.96. The van der Waals surface area contributed by atoms with E-state index in [1.165, 1.54) is 12.1 Å². The summed E-state index contributed by atoms with van der Waals surface area (Å²) < 4.78 is 38.2. The fraction of sp³-hybridized carbons (Fsp3) is 0.167. The van der Waals surface area contributed by atoms with Gasteiger partial charge in [0.2, 0.25) is 0 Å². The molecule has 0 aliphatic carbocycles. The number of benzene rings is 2. The van der Waals surface area contributed by atoms with E-state index in [-0.39, 0.29) is 12.2 Å². The molecule has 1 heterocycles. The van der Waals surface area contributed by atoms with E-state index in [0.717, 1.165) is 12.1 Å². The number of nitrogens with zero attached hydrogens (tertiary/aromatic N) is 2. The van der Waals surface area contributed by atoms with Gasteiger partial charge in [-0.25, -0.2) is 9.97 Å². The lowest BCUT2D eigenvalue weighted by molar-refractivity contribution is -0.137. The number of carbonyl (C=O) groups excluding carboxylic acids is 1. The van der Waals surface area contributed by atoms with Gasteiger partial charge in [0.15, 0.2) is 0 Å². The summed E-state index contributed by atoms with van der Waals surface area (Å²) in [4.78, 5) is 20.9. The number of aromatic nitrogens is 2. The monoisotopic (exact) mass is 345 g/mol. The molecule has 3 aromatic rings. The second-order valence-electron chi connectivity index (χ2n) is 5.52. The van der Waals surface area contributed by atoms with Crippen molar-refractivity contribution in [2.45, 2.75) is 19.6 Å². The molecule has 0 radical (unpaired) electrons. The van der Waals surface area contributed by atoms with Crippen LogP contribution in [-0.2, 0) is 12.7 Å². The number of nitrogens with one attached hydrogen (secondary N) is 1. The molecule has 0 saturated heterocycles. The fourth-order valence-corrected chi connectivity index (χ4v) is 2.49. The molecule has 2 aromatic carbocycles. The minimum Gasteiger partial charge on any atom is -0.347 e. The Bertz CT molecular complexity index is 938. The van der Waals surface area contributed by atoms with Gasteiger partial charge in [-0.05, 0) is 30.7 Å². The molecule has 0 spiro atoms. The maximum atomic E-state index is 12.7. The molecule has 0 saturated carbocycles. The summed E-state index contributed by atoms with van der Waals surface area (Å²) in [7, 11) is 0. The topological polar surface area (TPSA) is 54.9 Å². The molecule has 0 fully saturated rings. The molecule has 0 bridgehead atoms. The van der Waals surface area contributed by atoms with E-state index < -0.39 is 17.6 Å². The first kappa shape index (κ1) is 16.9. The molecule has 1 N–H and O–H groups in total. The highest BCUT2D eigenvalue weighted by Crippen LogP contribution is 2.29. The van der Waals surface area contributed by atoms with Crippen molar-refractivity contribution >= 4 is 16.8 Å². The molecule has 0 aliphatic heterocycles. The first-order valence-electron chi connectivity index (χ1n) is 7.52. The molecule has 128 valence electrons. The van der Waals surface area contributed by atoms with Gasteiger partial charge in [0.25, 0.3) is 5.91 Å². The summed E-state index contributed by atoms with van der Waals surface area (Å²) in [5.74, 6) is -0.0120. The van der Waals surface area contributed by atoms with Crippen LogP contribution >= 0.6 is 0 Å². The van der Waals surface area contributed by atoms with Crippen LogP contribution in [0.25, 0.3) is 10.9 Å². The molecule has 4 nitrogen and oxygen atoms in total. The van der Waals surface area contributed by atoms with Crippen LogP contribution in [0.1, 0.15) is 27.4 Å². The third-order valence-electron chi connectivity index (χ3n) is 3.64. The molecule has 0 unspecified atom stereocenters. The lowest BCUT2D eigenvalue weighted by Crippen LogP contribution is -2.24. The molecule has 3 rings (SSSR count). The zero-order valence-corrected chi connectivity index (χ0v) is 13.3. The Morgan fingerprint density at radius 1 is 1.08 bits per heavy atom. The normalized spacial score (nSPS) is 11.5. The van der Waals surface area contributed by atoms with Crippen LogP contribution in [0.2, 0.25) is 0 Å². The predicted octanol–water partition coefficient (Wildman–Crippen LogP) is 3.89. The number of fused-ring (bicyclic) bond motifs is 1. The highest BCUT2D eigenvalue weighted by atomic mass is 19.4. The van der Waals surface area contributed by atoms with Gasteiger partial charge >= 0.3 is 6.18 Å². The smallest absolute Gasteiger partial charge is 0.347 e. The van der Waals surface area contributed by atoms with Crippen LogP contribution in [0.5, 0.6) is 0 Å². The lowest BCUT2D eigenvalue weighted by Gasteiger charge is -2.10. The van der Waals surface area contributed by atoms with Crippen LogP contribution in [-0.4, -0.2) is 15.9 Å². The van der Waals surface area contributed by atoms with Crippen LogP contribution < -0.4 is 5.32 Å². The van der Waals surface area contributed by atoms with Gasteiger partial charge < -0.3 is 5.32 Å². The van der Waals surface area contributed by atoms with Crippen molar-refractivity contribution in [3.63, 3.8) is 0 Å². The minimum atomic E-state index is -4.42. The van der Waals surface area contributed by atoms with Crippen molar-refractivity contribution in [3.8, 4) is 0 Å². The summed E-state index contributed by atoms with van der Waals surface area (Å²) in [6.45, 7) is 1.65. The number of hydrogen-bond donors (Lipinski definition) is 1. The van der Waals surface area contributed by atoms with E-state index in [1.54, 1.807) is 31.2 Å². The molecule has 25 heavy (non-hydrogen) atoms. The number of hydrogen-bond acceptors (Lipinski definition) is 3. The molecule has 1 aromatic heterocycles.